The van der Waals surface area contributed by atoms with Gasteiger partial charge in [0, 0.05) is 11.9 Å². The zero-order valence-electron chi connectivity index (χ0n) is 10.7. The monoisotopic (exact) mass is 329 g/mol. The Kier molecular flexibility index (Phi) is 4.98. The normalized spacial score (nSPS) is 10.4. The first-order valence-electron chi connectivity index (χ1n) is 5.91. The van der Waals surface area contributed by atoms with E-state index in [1.54, 1.807) is 12.1 Å². The average molecular weight is 330 g/mol. The molecule has 0 saturated carbocycles. The number of alkyl halides is 1. The molecule has 0 atom stereocenters. The molecule has 0 saturated heterocycles. The van der Waals surface area contributed by atoms with E-state index in [0.29, 0.717) is 11.1 Å². The van der Waals surface area contributed by atoms with Gasteiger partial charge in [-0.05, 0) is 29.3 Å². The van der Waals surface area contributed by atoms with E-state index in [-0.39, 0.29) is 28.9 Å². The highest BCUT2D eigenvalue weighted by atomic mass is 35.5. The summed E-state index contributed by atoms with van der Waals surface area (Å²) in [5.41, 5.74) is 0.962. The Morgan fingerprint density at radius 3 is 2.52 bits per heavy atom. The highest BCUT2D eigenvalue weighted by Gasteiger charge is 2.16. The molecule has 110 valence electrons. The average Bonchev–Trinajstić information content (AvgIpc) is 2.48. The van der Waals surface area contributed by atoms with Crippen molar-refractivity contribution in [2.75, 3.05) is 0 Å². The maximum absolute atomic E-state index is 13.3. The number of hydrogen-bond acceptors (Lipinski definition) is 3. The summed E-state index contributed by atoms with van der Waals surface area (Å²) in [6.45, 7) is -0.00481. The Balaban J connectivity index is 2.19. The van der Waals surface area contributed by atoms with Crippen LogP contribution in [0.25, 0.3) is 0 Å². The molecule has 7 heteroatoms. The van der Waals surface area contributed by atoms with E-state index in [2.05, 4.69) is 0 Å². The van der Waals surface area contributed by atoms with Crippen LogP contribution in [-0.2, 0) is 12.5 Å². The Labute approximate surface area is 130 Å². The minimum Gasteiger partial charge on any atom is -0.482 e. The van der Waals surface area contributed by atoms with Crippen LogP contribution in [0.5, 0.6) is 5.75 Å². The smallest absolute Gasteiger partial charge is 0.311 e. The molecule has 0 radical (unpaired) electrons. The van der Waals surface area contributed by atoms with E-state index in [4.69, 9.17) is 27.9 Å². The Bertz CT molecular complexity index is 679. The minimum atomic E-state index is -0.565. The number of benzene rings is 2. The fraction of sp³-hybridized carbons (Fsp3) is 0.143. The van der Waals surface area contributed by atoms with Gasteiger partial charge in [0.15, 0.2) is 5.75 Å². The molecular weight excluding hydrogens is 320 g/mol. The lowest BCUT2D eigenvalue weighted by Crippen LogP contribution is -2.00. The second-order valence-corrected chi connectivity index (χ2v) is 4.90. The minimum absolute atomic E-state index is 0.00481. The number of ether oxygens (including phenoxy) is 1. The van der Waals surface area contributed by atoms with Gasteiger partial charge < -0.3 is 4.74 Å². The molecule has 0 aliphatic rings. The van der Waals surface area contributed by atoms with Crippen molar-refractivity contribution in [3.63, 3.8) is 0 Å². The van der Waals surface area contributed by atoms with Crippen LogP contribution in [0.15, 0.2) is 36.4 Å². The second kappa shape index (κ2) is 6.74. The molecule has 0 spiro atoms. The largest absolute Gasteiger partial charge is 0.482 e. The topological polar surface area (TPSA) is 52.4 Å². The van der Waals surface area contributed by atoms with Gasteiger partial charge in [0.2, 0.25) is 0 Å². The van der Waals surface area contributed by atoms with E-state index in [1.165, 1.54) is 24.3 Å². The van der Waals surface area contributed by atoms with Crippen LogP contribution in [-0.4, -0.2) is 4.92 Å². The molecule has 0 aromatic heterocycles. The van der Waals surface area contributed by atoms with Gasteiger partial charge in [-0.1, -0.05) is 23.7 Å². The maximum Gasteiger partial charge on any atom is 0.311 e. The van der Waals surface area contributed by atoms with Crippen LogP contribution in [0.2, 0.25) is 5.02 Å². The quantitative estimate of drug-likeness (QED) is 0.453. The molecule has 2 rings (SSSR count). The Hall–Kier alpha value is -1.85. The fourth-order valence-corrected chi connectivity index (χ4v) is 1.99. The van der Waals surface area contributed by atoms with Gasteiger partial charge in [0.1, 0.15) is 12.4 Å². The number of nitrogens with zero attached hydrogens (tertiary/aromatic N) is 1. The molecule has 0 N–H and O–H groups in total. The third-order valence-electron chi connectivity index (χ3n) is 2.75. The van der Waals surface area contributed by atoms with Crippen LogP contribution in [0.1, 0.15) is 11.1 Å². The molecule has 0 amide bonds. The molecule has 0 aliphatic heterocycles. The van der Waals surface area contributed by atoms with Gasteiger partial charge in [0.25, 0.3) is 0 Å². The van der Waals surface area contributed by atoms with Crippen LogP contribution in [0.3, 0.4) is 0 Å². The molecule has 21 heavy (non-hydrogen) atoms. The first kappa shape index (κ1) is 15.5. The van der Waals surface area contributed by atoms with E-state index in [9.17, 15) is 14.5 Å². The van der Waals surface area contributed by atoms with E-state index < -0.39 is 10.7 Å². The zero-order chi connectivity index (χ0) is 15.4. The first-order valence-corrected chi connectivity index (χ1v) is 6.82. The third kappa shape index (κ3) is 3.83. The molecule has 0 bridgehead atoms. The number of nitro groups is 1. The molecule has 0 aliphatic carbocycles. The zero-order valence-corrected chi connectivity index (χ0v) is 12.2. The van der Waals surface area contributed by atoms with Crippen LogP contribution in [0.4, 0.5) is 10.1 Å². The lowest BCUT2D eigenvalue weighted by Gasteiger charge is -2.08. The van der Waals surface area contributed by atoms with Crippen molar-refractivity contribution in [2.24, 2.45) is 0 Å². The highest BCUT2D eigenvalue weighted by Crippen LogP contribution is 2.29. The summed E-state index contributed by atoms with van der Waals surface area (Å²) >= 11 is 11.2. The fourth-order valence-electron chi connectivity index (χ4n) is 1.70. The van der Waals surface area contributed by atoms with Gasteiger partial charge in [0.05, 0.1) is 9.95 Å². The van der Waals surface area contributed by atoms with E-state index in [0.717, 1.165) is 0 Å². The maximum atomic E-state index is 13.3. The summed E-state index contributed by atoms with van der Waals surface area (Å²) in [5.74, 6) is -0.294. The number of nitro benzene ring substituents is 1. The molecular formula is C14H10Cl2FNO3. The molecule has 2 aromatic carbocycles. The Morgan fingerprint density at radius 1 is 1.19 bits per heavy atom. The summed E-state index contributed by atoms with van der Waals surface area (Å²) in [5, 5.41) is 11.0. The van der Waals surface area contributed by atoms with Crippen molar-refractivity contribution < 1.29 is 14.1 Å². The van der Waals surface area contributed by atoms with Gasteiger partial charge in [-0.25, -0.2) is 4.39 Å². The molecule has 0 unspecified atom stereocenters. The van der Waals surface area contributed by atoms with Crippen LogP contribution < -0.4 is 4.74 Å². The summed E-state index contributed by atoms with van der Waals surface area (Å²) in [6, 6.07) is 8.68. The Morgan fingerprint density at radius 2 is 1.90 bits per heavy atom. The molecule has 0 fully saturated rings. The van der Waals surface area contributed by atoms with Crippen molar-refractivity contribution in [3.05, 3.63) is 68.5 Å². The van der Waals surface area contributed by atoms with Crippen molar-refractivity contribution in [1.29, 1.82) is 0 Å². The van der Waals surface area contributed by atoms with Crippen LogP contribution in [0, 0.1) is 15.9 Å². The standard InChI is InChI=1S/C14H10Cl2FNO3/c15-7-9-2-4-14(13(6-9)18(19)20)21-8-10-1-3-11(16)12(17)5-10/h1-6H,7-8H2. The molecule has 0 heterocycles. The first-order chi connectivity index (χ1) is 10.0. The summed E-state index contributed by atoms with van der Waals surface area (Å²) in [4.78, 5) is 10.5. The summed E-state index contributed by atoms with van der Waals surface area (Å²) in [7, 11) is 0. The lowest BCUT2D eigenvalue weighted by atomic mass is 10.2. The number of halogens is 3. The highest BCUT2D eigenvalue weighted by molar-refractivity contribution is 6.30. The summed E-state index contributed by atoms with van der Waals surface area (Å²) in [6.07, 6.45) is 0. The lowest BCUT2D eigenvalue weighted by molar-refractivity contribution is -0.386. The van der Waals surface area contributed by atoms with Gasteiger partial charge in [-0.3, -0.25) is 10.1 Å². The van der Waals surface area contributed by atoms with E-state index in [1.807, 2.05) is 0 Å². The second-order valence-electron chi connectivity index (χ2n) is 4.23. The van der Waals surface area contributed by atoms with Crippen molar-refractivity contribution in [1.82, 2.24) is 0 Å². The van der Waals surface area contributed by atoms with Crippen molar-refractivity contribution >= 4 is 28.9 Å². The van der Waals surface area contributed by atoms with E-state index >= 15 is 0 Å². The van der Waals surface area contributed by atoms with Crippen molar-refractivity contribution in [2.45, 2.75) is 12.5 Å². The SMILES string of the molecule is O=[N+]([O-])c1cc(CCl)ccc1OCc1ccc(Cl)c(F)c1. The third-order valence-corrected chi connectivity index (χ3v) is 3.37. The van der Waals surface area contributed by atoms with Crippen molar-refractivity contribution in [3.8, 4) is 5.75 Å². The molecule has 2 aromatic rings. The predicted molar refractivity (Wildman–Crippen MR) is 78.4 cm³/mol. The van der Waals surface area contributed by atoms with Gasteiger partial charge >= 0.3 is 5.69 Å². The number of rotatable bonds is 5. The van der Waals surface area contributed by atoms with Crippen LogP contribution >= 0.6 is 23.2 Å². The number of hydrogen-bond donors (Lipinski definition) is 0. The summed E-state index contributed by atoms with van der Waals surface area (Å²) < 4.78 is 18.7. The van der Waals surface area contributed by atoms with Gasteiger partial charge in [-0.2, -0.15) is 0 Å². The molecule has 4 nitrogen and oxygen atoms in total. The predicted octanol–water partition coefficient (Wildman–Crippen LogP) is 4.71. The van der Waals surface area contributed by atoms with Gasteiger partial charge in [-0.15, -0.1) is 11.6 Å².